The van der Waals surface area contributed by atoms with Gasteiger partial charge < -0.3 is 14.5 Å². The molecule has 0 saturated carbocycles. The van der Waals surface area contributed by atoms with Crippen molar-refractivity contribution < 1.29 is 26.0 Å². The number of methoxy groups -OCH3 is 1. The summed E-state index contributed by atoms with van der Waals surface area (Å²) in [6.45, 7) is 3.82. The van der Waals surface area contributed by atoms with Gasteiger partial charge in [-0.1, -0.05) is 0 Å². The average molecular weight is 471 g/mol. The molecule has 0 radical (unpaired) electrons. The number of nitrogens with one attached hydrogen (secondary N) is 1. The van der Waals surface area contributed by atoms with E-state index in [0.29, 0.717) is 23.4 Å². The van der Waals surface area contributed by atoms with Gasteiger partial charge in [-0.05, 0) is 63.3 Å². The number of sulfone groups is 2. The molecule has 10 heteroatoms. The maximum Gasteiger partial charge on any atom is 0.184 e. The van der Waals surface area contributed by atoms with Crippen molar-refractivity contribution >= 4 is 19.7 Å². The van der Waals surface area contributed by atoms with Crippen molar-refractivity contribution in [3.63, 3.8) is 0 Å². The number of benzene rings is 1. The van der Waals surface area contributed by atoms with Crippen LogP contribution in [0.15, 0.2) is 39.8 Å². The van der Waals surface area contributed by atoms with E-state index in [2.05, 4.69) is 5.32 Å². The largest absolute Gasteiger partial charge is 0.496 e. The molecular weight excluding hydrogens is 440 g/mol. The first-order valence-electron chi connectivity index (χ1n) is 9.99. The van der Waals surface area contributed by atoms with Crippen molar-refractivity contribution in [1.29, 1.82) is 0 Å². The Hall–Kier alpha value is -1.88. The molecular formula is C21H30N2O6S2. The summed E-state index contributed by atoms with van der Waals surface area (Å²) in [4.78, 5) is 2.09. The number of likely N-dealkylation sites (N-methyl/N-ethyl adjacent to an activating group) is 1. The van der Waals surface area contributed by atoms with Gasteiger partial charge in [0.1, 0.15) is 11.5 Å². The summed E-state index contributed by atoms with van der Waals surface area (Å²) in [5, 5.41) is 2.14. The van der Waals surface area contributed by atoms with Gasteiger partial charge in [0.2, 0.25) is 0 Å². The molecule has 1 N–H and O–H groups in total. The monoisotopic (exact) mass is 470 g/mol. The fraction of sp³-hybridized carbons (Fsp3) is 0.524. The van der Waals surface area contributed by atoms with Crippen LogP contribution < -0.4 is 10.1 Å². The molecule has 3 atom stereocenters. The number of ether oxygens (including phenoxy) is 1. The standard InChI is InChI=1S/C21H30N2O6S2/c1-14-10-20(15(2)9-19(14)28-5)31(26,27)21-13-30(24,25)12-16(21)22-11-17(23(3)4)18-7-6-8-29-18/h6-10,16-17,21-22H,11-13H2,1-5H3/t16-,17?,21-/m0/s1. The topological polar surface area (TPSA) is 106 Å². The molecule has 0 spiro atoms. The quantitative estimate of drug-likeness (QED) is 0.622. The summed E-state index contributed by atoms with van der Waals surface area (Å²) in [5.74, 6) is 0.700. The van der Waals surface area contributed by atoms with Crippen LogP contribution in [0.25, 0.3) is 0 Å². The number of hydrogen-bond acceptors (Lipinski definition) is 8. The van der Waals surface area contributed by atoms with Gasteiger partial charge >= 0.3 is 0 Å². The second kappa shape index (κ2) is 8.93. The molecule has 0 amide bonds. The Morgan fingerprint density at radius 1 is 1.23 bits per heavy atom. The Kier molecular flexibility index (Phi) is 6.85. The molecule has 172 valence electrons. The van der Waals surface area contributed by atoms with Crippen LogP contribution in [0.5, 0.6) is 5.75 Å². The zero-order valence-electron chi connectivity index (χ0n) is 18.5. The fourth-order valence-electron chi connectivity index (χ4n) is 4.05. The Balaban J connectivity index is 1.90. The first-order valence-corrected chi connectivity index (χ1v) is 13.4. The second-order valence-corrected chi connectivity index (χ2v) is 12.5. The Bertz CT molecular complexity index is 1120. The molecule has 0 aliphatic carbocycles. The predicted octanol–water partition coefficient (Wildman–Crippen LogP) is 1.74. The van der Waals surface area contributed by atoms with Crippen LogP contribution >= 0.6 is 0 Å². The van der Waals surface area contributed by atoms with Crippen molar-refractivity contribution in [3.8, 4) is 5.75 Å². The van der Waals surface area contributed by atoms with Gasteiger partial charge in [0.25, 0.3) is 0 Å². The third kappa shape index (κ3) is 4.97. The summed E-state index contributed by atoms with van der Waals surface area (Å²) in [6.07, 6.45) is 1.58. The Labute approximate surface area is 184 Å². The van der Waals surface area contributed by atoms with Gasteiger partial charge in [0.05, 0.1) is 41.1 Å². The van der Waals surface area contributed by atoms with E-state index >= 15 is 0 Å². The normalized spacial score (nSPS) is 22.0. The van der Waals surface area contributed by atoms with E-state index in [0.717, 1.165) is 5.76 Å². The van der Waals surface area contributed by atoms with Gasteiger partial charge in [0.15, 0.2) is 19.7 Å². The maximum absolute atomic E-state index is 13.5. The van der Waals surface area contributed by atoms with Gasteiger partial charge in [-0.3, -0.25) is 4.90 Å². The minimum absolute atomic E-state index is 0.148. The Morgan fingerprint density at radius 2 is 1.94 bits per heavy atom. The van der Waals surface area contributed by atoms with E-state index in [9.17, 15) is 16.8 Å². The highest BCUT2D eigenvalue weighted by molar-refractivity contribution is 7.96. The van der Waals surface area contributed by atoms with Gasteiger partial charge in [-0.2, -0.15) is 0 Å². The van der Waals surface area contributed by atoms with Crippen LogP contribution in [0.3, 0.4) is 0 Å². The van der Waals surface area contributed by atoms with E-state index in [1.807, 2.05) is 25.1 Å². The molecule has 1 aromatic heterocycles. The second-order valence-electron chi connectivity index (χ2n) is 8.26. The van der Waals surface area contributed by atoms with Crippen molar-refractivity contribution in [1.82, 2.24) is 10.2 Å². The highest BCUT2D eigenvalue weighted by atomic mass is 32.2. The van der Waals surface area contributed by atoms with Crippen molar-refractivity contribution in [2.45, 2.75) is 36.1 Å². The molecule has 1 unspecified atom stereocenters. The fourth-order valence-corrected chi connectivity index (χ4v) is 9.07. The number of nitrogens with zero attached hydrogens (tertiary/aromatic N) is 1. The van der Waals surface area contributed by atoms with Crippen LogP contribution in [0.1, 0.15) is 22.9 Å². The third-order valence-corrected chi connectivity index (χ3v) is 10.1. The Morgan fingerprint density at radius 3 is 2.52 bits per heavy atom. The van der Waals surface area contributed by atoms with Crippen LogP contribution in [0.2, 0.25) is 0 Å². The van der Waals surface area contributed by atoms with Gasteiger partial charge in [-0.25, -0.2) is 16.8 Å². The van der Waals surface area contributed by atoms with E-state index < -0.39 is 36.7 Å². The molecule has 2 heterocycles. The smallest absolute Gasteiger partial charge is 0.184 e. The average Bonchev–Trinajstić information content (AvgIpc) is 3.31. The molecule has 2 aromatic rings. The summed E-state index contributed by atoms with van der Waals surface area (Å²) < 4.78 is 62.7. The van der Waals surface area contributed by atoms with E-state index in [4.69, 9.17) is 9.15 Å². The van der Waals surface area contributed by atoms with E-state index in [-0.39, 0.29) is 16.7 Å². The number of rotatable bonds is 8. The van der Waals surface area contributed by atoms with E-state index in [1.54, 1.807) is 38.3 Å². The van der Waals surface area contributed by atoms with Crippen LogP contribution in [0.4, 0.5) is 0 Å². The van der Waals surface area contributed by atoms with Crippen molar-refractivity contribution in [3.05, 3.63) is 47.4 Å². The number of furan rings is 1. The molecule has 1 aliphatic rings. The zero-order chi connectivity index (χ0) is 23.0. The molecule has 0 bridgehead atoms. The molecule has 8 nitrogen and oxygen atoms in total. The van der Waals surface area contributed by atoms with E-state index in [1.165, 1.54) is 7.11 Å². The SMILES string of the molecule is COc1cc(C)c(S(=O)(=O)[C@H]2CS(=O)(=O)C[C@@H]2NCC(c2ccco2)N(C)C)cc1C. The van der Waals surface area contributed by atoms with Gasteiger partial charge in [0, 0.05) is 12.6 Å². The van der Waals surface area contributed by atoms with Crippen LogP contribution in [-0.4, -0.2) is 72.3 Å². The highest BCUT2D eigenvalue weighted by Crippen LogP contribution is 2.32. The molecule has 3 rings (SSSR count). The first-order chi connectivity index (χ1) is 14.5. The summed E-state index contributed by atoms with van der Waals surface area (Å²) in [7, 11) is -2.09. The highest BCUT2D eigenvalue weighted by Gasteiger charge is 2.46. The first kappa shape index (κ1) is 23.8. The summed E-state index contributed by atoms with van der Waals surface area (Å²) in [5.41, 5.74) is 1.22. The maximum atomic E-state index is 13.5. The lowest BCUT2D eigenvalue weighted by Crippen LogP contribution is -2.46. The molecule has 31 heavy (non-hydrogen) atoms. The predicted molar refractivity (Wildman–Crippen MR) is 119 cm³/mol. The zero-order valence-corrected chi connectivity index (χ0v) is 20.1. The summed E-state index contributed by atoms with van der Waals surface area (Å²) >= 11 is 0. The number of aryl methyl sites for hydroxylation is 2. The lowest BCUT2D eigenvalue weighted by molar-refractivity contribution is 0.245. The lowest BCUT2D eigenvalue weighted by atomic mass is 10.1. The third-order valence-electron chi connectivity index (χ3n) is 5.77. The van der Waals surface area contributed by atoms with Crippen LogP contribution in [-0.2, 0) is 19.7 Å². The van der Waals surface area contributed by atoms with Gasteiger partial charge in [-0.15, -0.1) is 0 Å². The molecule has 1 saturated heterocycles. The molecule has 1 aliphatic heterocycles. The lowest BCUT2D eigenvalue weighted by Gasteiger charge is -2.27. The molecule has 1 aromatic carbocycles. The number of hydrogen-bond donors (Lipinski definition) is 1. The van der Waals surface area contributed by atoms with Crippen molar-refractivity contribution in [2.75, 3.05) is 39.3 Å². The molecule has 1 fully saturated rings. The van der Waals surface area contributed by atoms with Crippen molar-refractivity contribution in [2.24, 2.45) is 0 Å². The summed E-state index contributed by atoms with van der Waals surface area (Å²) in [6, 6.07) is 5.99. The minimum atomic E-state index is -3.89. The minimum Gasteiger partial charge on any atom is -0.496 e. The van der Waals surface area contributed by atoms with Crippen LogP contribution in [0, 0.1) is 13.8 Å².